The summed E-state index contributed by atoms with van der Waals surface area (Å²) in [5, 5.41) is 9.50. The van der Waals surface area contributed by atoms with E-state index in [4.69, 9.17) is 9.47 Å². The van der Waals surface area contributed by atoms with Gasteiger partial charge in [-0.25, -0.2) is 0 Å². The highest BCUT2D eigenvalue weighted by atomic mass is 16.5. The van der Waals surface area contributed by atoms with Gasteiger partial charge < -0.3 is 9.47 Å². The van der Waals surface area contributed by atoms with Crippen LogP contribution in [0.15, 0.2) is 65.3 Å². The lowest BCUT2D eigenvalue weighted by molar-refractivity contribution is -0.140. The topological polar surface area (TPSA) is 79.6 Å². The van der Waals surface area contributed by atoms with Crippen molar-refractivity contribution in [1.29, 1.82) is 5.26 Å². The first kappa shape index (κ1) is 24.0. The van der Waals surface area contributed by atoms with E-state index in [1.807, 2.05) is 68.4 Å². The molecule has 0 saturated heterocycles. The van der Waals surface area contributed by atoms with Crippen LogP contribution in [0.1, 0.15) is 37.0 Å². The number of rotatable bonds is 9. The number of carbonyl (C=O) groups excluding carboxylic acids is 2. The number of hydrogen-bond donors (Lipinski definition) is 0. The van der Waals surface area contributed by atoms with Crippen molar-refractivity contribution in [3.05, 3.63) is 81.9 Å². The molecule has 1 heterocycles. The van der Waals surface area contributed by atoms with Gasteiger partial charge in [0.15, 0.2) is 0 Å². The van der Waals surface area contributed by atoms with E-state index in [1.165, 1.54) is 5.56 Å². The van der Waals surface area contributed by atoms with Crippen molar-refractivity contribution in [2.75, 3.05) is 19.8 Å². The van der Waals surface area contributed by atoms with Crippen LogP contribution in [0.4, 0.5) is 0 Å². The average Bonchev–Trinajstić information content (AvgIpc) is 2.82. The largest absolute Gasteiger partial charge is 0.489 e. The second-order valence-electron chi connectivity index (χ2n) is 7.83. The molecule has 33 heavy (non-hydrogen) atoms. The van der Waals surface area contributed by atoms with Gasteiger partial charge in [0.2, 0.25) is 0 Å². The van der Waals surface area contributed by atoms with Gasteiger partial charge in [0.05, 0.1) is 0 Å². The van der Waals surface area contributed by atoms with Gasteiger partial charge in [-0.05, 0) is 62.1 Å². The Morgan fingerprint density at radius 2 is 1.70 bits per heavy atom. The van der Waals surface area contributed by atoms with Crippen molar-refractivity contribution in [1.82, 2.24) is 4.90 Å². The maximum Gasteiger partial charge on any atom is 0.271 e. The Kier molecular flexibility index (Phi) is 8.17. The van der Waals surface area contributed by atoms with Crippen LogP contribution in [0, 0.1) is 18.3 Å². The van der Waals surface area contributed by atoms with Gasteiger partial charge in [0.1, 0.15) is 24.0 Å². The highest BCUT2D eigenvalue weighted by molar-refractivity contribution is 6.19. The fourth-order valence-electron chi connectivity index (χ4n) is 3.48. The second-order valence-corrected chi connectivity index (χ2v) is 7.83. The lowest BCUT2D eigenvalue weighted by Crippen LogP contribution is -2.43. The molecule has 1 aliphatic rings. The highest BCUT2D eigenvalue weighted by Gasteiger charge is 2.35. The van der Waals surface area contributed by atoms with Crippen molar-refractivity contribution >= 4 is 17.9 Å². The van der Waals surface area contributed by atoms with E-state index in [9.17, 15) is 14.9 Å². The smallest absolute Gasteiger partial charge is 0.271 e. The number of amides is 2. The van der Waals surface area contributed by atoms with Gasteiger partial charge >= 0.3 is 0 Å². The molecule has 2 aromatic rings. The Balaban J connectivity index is 1.76. The molecule has 0 atom stereocenters. The Morgan fingerprint density at radius 3 is 2.33 bits per heavy atom. The maximum absolute atomic E-state index is 13.1. The summed E-state index contributed by atoms with van der Waals surface area (Å²) in [6, 6.07) is 17.5. The van der Waals surface area contributed by atoms with E-state index in [-0.39, 0.29) is 12.1 Å². The van der Waals surface area contributed by atoms with Crippen molar-refractivity contribution in [3.8, 4) is 11.8 Å². The molecule has 3 rings (SSSR count). The monoisotopic (exact) mass is 444 g/mol. The van der Waals surface area contributed by atoms with Crippen LogP contribution >= 0.6 is 0 Å². The van der Waals surface area contributed by atoms with Crippen molar-refractivity contribution < 1.29 is 19.1 Å². The molecule has 6 nitrogen and oxygen atoms in total. The molecule has 0 spiro atoms. The second kappa shape index (κ2) is 11.3. The minimum Gasteiger partial charge on any atom is -0.489 e. The standard InChI is InChI=1S/C27H28N2O4/c1-4-32-15-5-14-29-26(30)24(20(3)25(17-28)27(29)31)16-21-10-12-23(13-11-21)33-18-22-8-6-19(2)7-9-22/h6-13,16H,4-5,14-15,18H2,1-3H3/b24-16+. The zero-order valence-electron chi connectivity index (χ0n) is 19.3. The minimum absolute atomic E-state index is 0.00434. The van der Waals surface area contributed by atoms with E-state index in [0.29, 0.717) is 43.1 Å². The molecule has 0 N–H and O–H groups in total. The molecule has 0 radical (unpaired) electrons. The quantitative estimate of drug-likeness (QED) is 0.321. The molecule has 2 amide bonds. The van der Waals surface area contributed by atoms with Gasteiger partial charge in [0, 0.05) is 25.3 Å². The molecule has 0 saturated carbocycles. The lowest BCUT2D eigenvalue weighted by atomic mass is 9.93. The third-order valence-electron chi connectivity index (χ3n) is 5.42. The fraction of sp³-hybridized carbons (Fsp3) is 0.296. The Morgan fingerprint density at radius 1 is 1.00 bits per heavy atom. The number of imide groups is 1. The van der Waals surface area contributed by atoms with E-state index in [2.05, 4.69) is 0 Å². The molecule has 1 aliphatic heterocycles. The van der Waals surface area contributed by atoms with Crippen LogP contribution in [0.5, 0.6) is 5.75 Å². The number of benzene rings is 2. The third-order valence-corrected chi connectivity index (χ3v) is 5.42. The molecule has 0 aromatic heterocycles. The van der Waals surface area contributed by atoms with Gasteiger partial charge in [-0.3, -0.25) is 14.5 Å². The average molecular weight is 445 g/mol. The van der Waals surface area contributed by atoms with Crippen LogP contribution in [-0.2, 0) is 20.9 Å². The van der Waals surface area contributed by atoms with Gasteiger partial charge in [-0.1, -0.05) is 42.0 Å². The number of ether oxygens (including phenoxy) is 2. The zero-order valence-corrected chi connectivity index (χ0v) is 19.3. The minimum atomic E-state index is -0.548. The van der Waals surface area contributed by atoms with Crippen LogP contribution in [0.3, 0.4) is 0 Å². The number of hydrogen-bond acceptors (Lipinski definition) is 5. The summed E-state index contributed by atoms with van der Waals surface area (Å²) in [4.78, 5) is 26.8. The first-order chi connectivity index (χ1) is 15.9. The van der Waals surface area contributed by atoms with Crippen LogP contribution in [-0.4, -0.2) is 36.5 Å². The number of nitriles is 1. The summed E-state index contributed by atoms with van der Waals surface area (Å²) < 4.78 is 11.1. The molecule has 0 aliphatic carbocycles. The number of carbonyl (C=O) groups is 2. The predicted octanol–water partition coefficient (Wildman–Crippen LogP) is 4.59. The number of nitrogens with zero attached hydrogens (tertiary/aromatic N) is 2. The molecular formula is C27H28N2O4. The molecule has 0 bridgehead atoms. The summed E-state index contributed by atoms with van der Waals surface area (Å²) in [5.41, 5.74) is 3.80. The van der Waals surface area contributed by atoms with E-state index in [1.54, 1.807) is 13.0 Å². The normalized spacial score (nSPS) is 15.2. The summed E-state index contributed by atoms with van der Waals surface area (Å²) >= 11 is 0. The molecule has 0 unspecified atom stereocenters. The van der Waals surface area contributed by atoms with Crippen LogP contribution < -0.4 is 4.74 Å². The molecule has 0 fully saturated rings. The van der Waals surface area contributed by atoms with Gasteiger partial charge in [-0.2, -0.15) is 5.26 Å². The summed E-state index contributed by atoms with van der Waals surface area (Å²) in [6.45, 7) is 7.25. The first-order valence-electron chi connectivity index (χ1n) is 11.0. The van der Waals surface area contributed by atoms with E-state index < -0.39 is 11.8 Å². The molecule has 170 valence electrons. The zero-order chi connectivity index (χ0) is 23.8. The Labute approximate surface area is 194 Å². The predicted molar refractivity (Wildman–Crippen MR) is 126 cm³/mol. The summed E-state index contributed by atoms with van der Waals surface area (Å²) in [6.07, 6.45) is 2.23. The van der Waals surface area contributed by atoms with Gasteiger partial charge in [-0.15, -0.1) is 0 Å². The SMILES string of the molecule is CCOCCCN1C(=O)C(C#N)=C(C)/C(=C\c2ccc(OCc3ccc(C)cc3)cc2)C1=O. The fourth-order valence-corrected chi connectivity index (χ4v) is 3.48. The van der Waals surface area contributed by atoms with Crippen LogP contribution in [0.2, 0.25) is 0 Å². The highest BCUT2D eigenvalue weighted by Crippen LogP contribution is 2.27. The van der Waals surface area contributed by atoms with Crippen molar-refractivity contribution in [2.24, 2.45) is 0 Å². The first-order valence-corrected chi connectivity index (χ1v) is 11.0. The van der Waals surface area contributed by atoms with E-state index >= 15 is 0 Å². The molecular weight excluding hydrogens is 416 g/mol. The Bertz CT molecular complexity index is 1110. The van der Waals surface area contributed by atoms with Crippen LogP contribution in [0.25, 0.3) is 6.08 Å². The third kappa shape index (κ3) is 5.97. The molecule has 6 heteroatoms. The molecule has 2 aromatic carbocycles. The Hall–Kier alpha value is -3.69. The van der Waals surface area contributed by atoms with E-state index in [0.717, 1.165) is 16.0 Å². The lowest BCUT2D eigenvalue weighted by Gasteiger charge is -2.27. The maximum atomic E-state index is 13.1. The summed E-state index contributed by atoms with van der Waals surface area (Å²) in [7, 11) is 0. The number of aryl methyl sites for hydroxylation is 1. The van der Waals surface area contributed by atoms with Crippen molar-refractivity contribution in [3.63, 3.8) is 0 Å². The summed E-state index contributed by atoms with van der Waals surface area (Å²) in [5.74, 6) is -0.230. The van der Waals surface area contributed by atoms with Gasteiger partial charge in [0.25, 0.3) is 11.8 Å². The van der Waals surface area contributed by atoms with Crippen molar-refractivity contribution in [2.45, 2.75) is 33.8 Å².